The minimum atomic E-state index is 0. The zero-order chi connectivity index (χ0) is 13.0. The molecule has 0 heterocycles. The second-order valence-corrected chi connectivity index (χ2v) is 5.29. The van der Waals surface area contributed by atoms with Crippen LogP contribution < -0.4 is 0 Å². The lowest BCUT2D eigenvalue weighted by Gasteiger charge is -2.38. The third-order valence-electron chi connectivity index (χ3n) is 3.08. The molecule has 0 N–H and O–H groups in total. The molecule has 2 aliphatic rings. The van der Waals surface area contributed by atoms with E-state index < -0.39 is 0 Å². The molecule has 2 aliphatic carbocycles. The summed E-state index contributed by atoms with van der Waals surface area (Å²) in [5, 5.41) is 0. The van der Waals surface area contributed by atoms with Gasteiger partial charge in [0.05, 0.1) is 0 Å². The molecule has 0 aromatic carbocycles. The van der Waals surface area contributed by atoms with Crippen molar-refractivity contribution in [2.75, 3.05) is 0 Å². The Morgan fingerprint density at radius 3 is 1.00 bits per heavy atom. The molecule has 0 heteroatoms. The van der Waals surface area contributed by atoms with E-state index in [-0.39, 0.29) is 7.43 Å². The van der Waals surface area contributed by atoms with Gasteiger partial charge in [-0.25, -0.2) is 0 Å². The lowest BCUT2D eigenvalue weighted by Crippen LogP contribution is -2.24. The molecule has 0 aromatic rings. The molecular weight excluding hydrogens is 204 g/mol. The van der Waals surface area contributed by atoms with Gasteiger partial charge in [0, 0.05) is 0 Å². The highest BCUT2D eigenvalue weighted by atomic mass is 14.4. The fraction of sp³-hybridized carbons (Fsp3) is 1.00. The van der Waals surface area contributed by atoms with Crippen molar-refractivity contribution < 1.29 is 0 Å². The van der Waals surface area contributed by atoms with Crippen LogP contribution >= 0.6 is 0 Å². The van der Waals surface area contributed by atoms with Gasteiger partial charge < -0.3 is 0 Å². The van der Waals surface area contributed by atoms with Gasteiger partial charge in [-0.05, 0) is 37.0 Å². The smallest absolute Gasteiger partial charge is 0.0297 e. The van der Waals surface area contributed by atoms with Gasteiger partial charge in [-0.2, -0.15) is 0 Å². The summed E-state index contributed by atoms with van der Waals surface area (Å²) < 4.78 is 0. The number of hydrogen-bond donors (Lipinski definition) is 0. The molecule has 2 rings (SSSR count). The number of rotatable bonds is 0. The first-order chi connectivity index (χ1) is 7.65. The summed E-state index contributed by atoms with van der Waals surface area (Å²) >= 11 is 0. The Kier molecular flexibility index (Phi) is 18.4. The summed E-state index contributed by atoms with van der Waals surface area (Å²) in [5.41, 5.74) is 0.917. The van der Waals surface area contributed by atoms with Crippen molar-refractivity contribution in [2.45, 2.75) is 101 Å². The molecule has 0 saturated heterocycles. The predicted molar refractivity (Wildman–Crippen MR) is 84.7 cm³/mol. The van der Waals surface area contributed by atoms with E-state index in [4.69, 9.17) is 0 Å². The van der Waals surface area contributed by atoms with E-state index in [1.165, 1.54) is 19.3 Å². The Labute approximate surface area is 113 Å². The third kappa shape index (κ3) is 10.9. The second kappa shape index (κ2) is 14.1. The SMILES string of the molecule is C.C1CCC2(C1)CCC2.CC.CC.CC(C)C. The van der Waals surface area contributed by atoms with Gasteiger partial charge in [-0.3, -0.25) is 0 Å². The Bertz CT molecular complexity index is 109. The van der Waals surface area contributed by atoms with Crippen LogP contribution in [0.1, 0.15) is 101 Å². The molecule has 2 fully saturated rings. The monoisotopic (exact) mass is 244 g/mol. The van der Waals surface area contributed by atoms with Crippen molar-refractivity contribution in [3.05, 3.63) is 0 Å². The first kappa shape index (κ1) is 22.2. The molecule has 0 nitrogen and oxygen atoms in total. The minimum Gasteiger partial charge on any atom is -0.0776 e. The first-order valence-corrected chi connectivity index (χ1v) is 7.65. The zero-order valence-corrected chi connectivity index (χ0v) is 13.0. The van der Waals surface area contributed by atoms with E-state index in [9.17, 15) is 0 Å². The average Bonchev–Trinajstić information content (AvgIpc) is 2.71. The molecule has 0 aromatic heterocycles. The van der Waals surface area contributed by atoms with Crippen LogP contribution in [0.15, 0.2) is 0 Å². The van der Waals surface area contributed by atoms with E-state index >= 15 is 0 Å². The van der Waals surface area contributed by atoms with Crippen LogP contribution in [0.5, 0.6) is 0 Å². The van der Waals surface area contributed by atoms with E-state index in [1.54, 1.807) is 25.7 Å². The van der Waals surface area contributed by atoms with Crippen molar-refractivity contribution in [3.63, 3.8) is 0 Å². The molecule has 0 atom stereocenters. The molecule has 0 bridgehead atoms. The maximum absolute atomic E-state index is 2.17. The Morgan fingerprint density at radius 1 is 0.647 bits per heavy atom. The zero-order valence-electron chi connectivity index (χ0n) is 13.0. The van der Waals surface area contributed by atoms with Gasteiger partial charge in [-0.1, -0.05) is 75.2 Å². The number of hydrogen-bond acceptors (Lipinski definition) is 0. The third-order valence-corrected chi connectivity index (χ3v) is 3.08. The lowest BCUT2D eigenvalue weighted by atomic mass is 9.68. The highest BCUT2D eigenvalue weighted by Gasteiger charge is 2.38. The van der Waals surface area contributed by atoms with Crippen LogP contribution in [0, 0.1) is 11.3 Å². The first-order valence-electron chi connectivity index (χ1n) is 7.65. The predicted octanol–water partition coefficient (Wildman–Crippen LogP) is 7.08. The second-order valence-electron chi connectivity index (χ2n) is 5.29. The lowest BCUT2D eigenvalue weighted by molar-refractivity contribution is 0.144. The summed E-state index contributed by atoms with van der Waals surface area (Å²) in [7, 11) is 0. The van der Waals surface area contributed by atoms with Crippen molar-refractivity contribution in [2.24, 2.45) is 11.3 Å². The molecule has 108 valence electrons. The summed E-state index contributed by atoms with van der Waals surface area (Å²) in [6.45, 7) is 14.5. The van der Waals surface area contributed by atoms with E-state index in [2.05, 4.69) is 20.8 Å². The topological polar surface area (TPSA) is 0 Å². The molecular formula is C17H40. The van der Waals surface area contributed by atoms with E-state index in [1.807, 2.05) is 27.7 Å². The largest absolute Gasteiger partial charge is 0.0776 e. The van der Waals surface area contributed by atoms with Gasteiger partial charge in [0.15, 0.2) is 0 Å². The van der Waals surface area contributed by atoms with Gasteiger partial charge in [0.2, 0.25) is 0 Å². The van der Waals surface area contributed by atoms with Crippen molar-refractivity contribution in [1.29, 1.82) is 0 Å². The van der Waals surface area contributed by atoms with E-state index in [0.29, 0.717) is 0 Å². The van der Waals surface area contributed by atoms with Crippen LogP contribution in [-0.4, -0.2) is 0 Å². The summed E-state index contributed by atoms with van der Waals surface area (Å²) in [5.74, 6) is 0.833. The Hall–Kier alpha value is 0. The quantitative estimate of drug-likeness (QED) is 0.427. The minimum absolute atomic E-state index is 0. The molecule has 2 saturated carbocycles. The Balaban J connectivity index is -0.000000191. The maximum atomic E-state index is 2.17. The molecule has 0 radical (unpaired) electrons. The van der Waals surface area contributed by atoms with Crippen LogP contribution in [-0.2, 0) is 0 Å². The van der Waals surface area contributed by atoms with Crippen LogP contribution in [0.3, 0.4) is 0 Å². The maximum Gasteiger partial charge on any atom is -0.0297 e. The highest BCUT2D eigenvalue weighted by Crippen LogP contribution is 2.52. The van der Waals surface area contributed by atoms with E-state index in [0.717, 1.165) is 11.3 Å². The van der Waals surface area contributed by atoms with Crippen molar-refractivity contribution >= 4 is 0 Å². The summed E-state index contributed by atoms with van der Waals surface area (Å²) in [6, 6.07) is 0. The fourth-order valence-corrected chi connectivity index (χ4v) is 2.30. The molecule has 0 aliphatic heterocycles. The summed E-state index contributed by atoms with van der Waals surface area (Å²) in [4.78, 5) is 0. The Morgan fingerprint density at radius 2 is 0.882 bits per heavy atom. The van der Waals surface area contributed by atoms with Crippen LogP contribution in [0.25, 0.3) is 0 Å². The van der Waals surface area contributed by atoms with Crippen LogP contribution in [0.2, 0.25) is 0 Å². The van der Waals surface area contributed by atoms with Crippen molar-refractivity contribution in [1.82, 2.24) is 0 Å². The van der Waals surface area contributed by atoms with Crippen LogP contribution in [0.4, 0.5) is 0 Å². The molecule has 0 amide bonds. The average molecular weight is 245 g/mol. The fourth-order valence-electron chi connectivity index (χ4n) is 2.30. The molecule has 0 unspecified atom stereocenters. The molecule has 1 spiro atoms. The van der Waals surface area contributed by atoms with Gasteiger partial charge >= 0.3 is 0 Å². The van der Waals surface area contributed by atoms with Gasteiger partial charge in [0.1, 0.15) is 0 Å². The summed E-state index contributed by atoms with van der Waals surface area (Å²) in [6.07, 6.45) is 10.8. The molecule has 17 heavy (non-hydrogen) atoms. The van der Waals surface area contributed by atoms with Gasteiger partial charge in [0.25, 0.3) is 0 Å². The normalized spacial score (nSPS) is 18.4. The van der Waals surface area contributed by atoms with Gasteiger partial charge in [-0.15, -0.1) is 0 Å². The standard InChI is InChI=1S/C8H14.C4H10.2C2H6.CH4/c1-2-5-8(4-1)6-3-7-8;1-4(2)3;2*1-2;/h1-7H2;4H,1-3H3;2*1-2H3;1H4. The highest BCUT2D eigenvalue weighted by molar-refractivity contribution is 4.90. The van der Waals surface area contributed by atoms with Crippen molar-refractivity contribution in [3.8, 4) is 0 Å².